The number of alkyl carbamates (subject to hydrolysis) is 1. The Morgan fingerprint density at radius 1 is 1.19 bits per heavy atom. The Kier molecular flexibility index (Phi) is 7.12. The Labute approximate surface area is 184 Å². The molecule has 31 heavy (non-hydrogen) atoms. The minimum Gasteiger partial charge on any atom is -0.504 e. The van der Waals surface area contributed by atoms with E-state index < -0.39 is 30.0 Å². The lowest BCUT2D eigenvalue weighted by Gasteiger charge is -2.32. The fourth-order valence-electron chi connectivity index (χ4n) is 2.88. The van der Waals surface area contributed by atoms with Gasteiger partial charge in [-0.25, -0.2) is 4.79 Å². The number of phenols is 1. The minimum atomic E-state index is -0.737. The molecule has 1 aliphatic heterocycles. The molecule has 9 heteroatoms. The lowest BCUT2D eigenvalue weighted by molar-refractivity contribution is 0.00578. The van der Waals surface area contributed by atoms with Gasteiger partial charge in [-0.15, -0.1) is 0 Å². The molecule has 2 N–H and O–H groups in total. The van der Waals surface area contributed by atoms with Gasteiger partial charge in [-0.05, 0) is 71.6 Å². The van der Waals surface area contributed by atoms with E-state index in [1.165, 1.54) is 13.2 Å². The molecule has 0 radical (unpaired) electrons. The maximum Gasteiger partial charge on any atom is 0.492 e. The lowest BCUT2D eigenvalue weighted by Crippen LogP contribution is -2.41. The number of hydrogen-bond acceptors (Lipinski definition) is 7. The number of amides is 1. The van der Waals surface area contributed by atoms with Crippen molar-refractivity contribution in [1.29, 1.82) is 0 Å². The fourth-order valence-corrected chi connectivity index (χ4v) is 2.88. The van der Waals surface area contributed by atoms with Crippen molar-refractivity contribution in [3.63, 3.8) is 0 Å². The fraction of sp³-hybridized carbons (Fsp3) is 0.545. The molecule has 0 atom stereocenters. The summed E-state index contributed by atoms with van der Waals surface area (Å²) in [4.78, 5) is 23.5. The van der Waals surface area contributed by atoms with Crippen LogP contribution >= 0.6 is 0 Å². The number of phenolic OH excluding ortho intramolecular Hbond substituents is 1. The van der Waals surface area contributed by atoms with Crippen LogP contribution in [0.3, 0.4) is 0 Å². The number of benzene rings is 1. The number of hydrogen-bond donors (Lipinski definition) is 2. The third-order valence-electron chi connectivity index (χ3n) is 5.22. The van der Waals surface area contributed by atoms with Gasteiger partial charge in [-0.3, -0.25) is 4.79 Å². The molecule has 0 bridgehead atoms. The summed E-state index contributed by atoms with van der Waals surface area (Å²) in [5, 5.41) is 12.8. The van der Waals surface area contributed by atoms with Gasteiger partial charge in [-0.1, -0.05) is 6.08 Å². The number of methoxy groups -OCH3 is 1. The Bertz CT molecular complexity index is 855. The Hall–Kier alpha value is -2.52. The molecule has 1 amide bonds. The van der Waals surface area contributed by atoms with E-state index in [0.29, 0.717) is 17.3 Å². The minimum absolute atomic E-state index is 0.0824. The first-order valence-electron chi connectivity index (χ1n) is 10.1. The van der Waals surface area contributed by atoms with Crippen LogP contribution in [-0.2, 0) is 14.0 Å². The van der Waals surface area contributed by atoms with Crippen LogP contribution in [0.4, 0.5) is 4.79 Å². The third kappa shape index (κ3) is 6.01. The largest absolute Gasteiger partial charge is 0.504 e. The van der Waals surface area contributed by atoms with Crippen LogP contribution in [0, 0.1) is 0 Å². The number of aldehydes is 1. The Morgan fingerprint density at radius 2 is 1.77 bits per heavy atom. The topological polar surface area (TPSA) is 103 Å². The van der Waals surface area contributed by atoms with Crippen LogP contribution in [0.1, 0.15) is 64.4 Å². The number of aromatic hydroxyl groups is 1. The highest BCUT2D eigenvalue weighted by atomic mass is 16.7. The standard InChI is InChI=1S/C22H32BNO7/c1-20(2,3)29-19(27)24-12-16(23-30-21(4,5)22(6,7)31-23)10-14-9-15(13-25)18(26)17(11-14)28-8/h9-11,13,26H,12H2,1-8H3,(H,24,27). The monoisotopic (exact) mass is 433 g/mol. The van der Waals surface area contributed by atoms with E-state index in [-0.39, 0.29) is 23.6 Å². The van der Waals surface area contributed by atoms with Crippen molar-refractivity contribution in [2.45, 2.75) is 65.3 Å². The molecular weight excluding hydrogens is 401 g/mol. The molecule has 0 aliphatic carbocycles. The average molecular weight is 433 g/mol. The molecule has 0 spiro atoms. The molecule has 1 heterocycles. The van der Waals surface area contributed by atoms with Crippen molar-refractivity contribution in [3.8, 4) is 11.5 Å². The van der Waals surface area contributed by atoms with Gasteiger partial charge in [0.15, 0.2) is 17.8 Å². The predicted octanol–water partition coefficient (Wildman–Crippen LogP) is 3.75. The van der Waals surface area contributed by atoms with E-state index in [2.05, 4.69) is 5.32 Å². The van der Waals surface area contributed by atoms with Crippen molar-refractivity contribution in [2.24, 2.45) is 0 Å². The van der Waals surface area contributed by atoms with Gasteiger partial charge >= 0.3 is 13.2 Å². The maximum absolute atomic E-state index is 12.2. The van der Waals surface area contributed by atoms with Gasteiger partial charge < -0.3 is 29.2 Å². The van der Waals surface area contributed by atoms with Crippen molar-refractivity contribution in [3.05, 3.63) is 28.7 Å². The number of carbonyl (C=O) groups is 2. The average Bonchev–Trinajstić information content (AvgIpc) is 2.85. The maximum atomic E-state index is 12.2. The van der Waals surface area contributed by atoms with Gasteiger partial charge in [-0.2, -0.15) is 0 Å². The van der Waals surface area contributed by atoms with Crippen LogP contribution in [0.5, 0.6) is 11.5 Å². The van der Waals surface area contributed by atoms with Crippen LogP contribution in [0.2, 0.25) is 0 Å². The molecule has 1 fully saturated rings. The quantitative estimate of drug-likeness (QED) is 0.520. The number of carbonyl (C=O) groups excluding carboxylic acids is 2. The van der Waals surface area contributed by atoms with Crippen LogP contribution in [0.25, 0.3) is 6.08 Å². The van der Waals surface area contributed by atoms with E-state index >= 15 is 0 Å². The summed E-state index contributed by atoms with van der Waals surface area (Å²) >= 11 is 0. The van der Waals surface area contributed by atoms with Crippen LogP contribution in [-0.4, -0.2) is 55.1 Å². The first-order chi connectivity index (χ1) is 14.2. The molecule has 170 valence electrons. The Balaban J connectivity index is 2.40. The molecule has 0 saturated carbocycles. The van der Waals surface area contributed by atoms with Crippen LogP contribution < -0.4 is 10.1 Å². The summed E-state index contributed by atoms with van der Waals surface area (Å²) in [5.74, 6) is -0.0806. The van der Waals surface area contributed by atoms with Gasteiger partial charge in [0.25, 0.3) is 0 Å². The number of nitrogens with one attached hydrogen (secondary N) is 1. The van der Waals surface area contributed by atoms with E-state index in [1.54, 1.807) is 32.9 Å². The van der Waals surface area contributed by atoms with Crippen molar-refractivity contribution in [1.82, 2.24) is 5.32 Å². The zero-order valence-electron chi connectivity index (χ0n) is 19.5. The molecule has 1 aliphatic rings. The lowest BCUT2D eigenvalue weighted by atomic mass is 9.77. The van der Waals surface area contributed by atoms with E-state index in [9.17, 15) is 14.7 Å². The molecule has 1 aromatic rings. The van der Waals surface area contributed by atoms with Crippen molar-refractivity contribution < 1.29 is 33.5 Å². The van der Waals surface area contributed by atoms with Gasteiger partial charge in [0, 0.05) is 6.54 Å². The molecule has 0 aromatic heterocycles. The summed E-state index contributed by atoms with van der Waals surface area (Å²) in [7, 11) is 0.662. The molecule has 2 rings (SSSR count). The summed E-state index contributed by atoms with van der Waals surface area (Å²) < 4.78 is 22.7. The zero-order valence-corrected chi connectivity index (χ0v) is 19.5. The molecule has 0 unspecified atom stereocenters. The second-order valence-electron chi connectivity index (χ2n) is 9.44. The van der Waals surface area contributed by atoms with Gasteiger partial charge in [0.1, 0.15) is 5.60 Å². The third-order valence-corrected chi connectivity index (χ3v) is 5.22. The first kappa shape index (κ1) is 24.8. The molecule has 1 saturated heterocycles. The Morgan fingerprint density at radius 3 is 2.26 bits per heavy atom. The van der Waals surface area contributed by atoms with E-state index in [1.807, 2.05) is 27.7 Å². The second kappa shape index (κ2) is 8.92. The van der Waals surface area contributed by atoms with Gasteiger partial charge in [0.05, 0.1) is 23.9 Å². The SMILES string of the molecule is COc1cc(C=C(CNC(=O)OC(C)(C)C)B2OC(C)(C)C(C)(C)O2)cc(C=O)c1O. The summed E-state index contributed by atoms with van der Waals surface area (Å²) in [6.07, 6.45) is 1.70. The summed E-state index contributed by atoms with van der Waals surface area (Å²) in [6, 6.07) is 3.10. The van der Waals surface area contributed by atoms with E-state index in [4.69, 9.17) is 18.8 Å². The van der Waals surface area contributed by atoms with E-state index in [0.717, 1.165) is 0 Å². The summed E-state index contributed by atoms with van der Waals surface area (Å²) in [5.41, 5.74) is -0.533. The summed E-state index contributed by atoms with van der Waals surface area (Å²) in [6.45, 7) is 13.1. The normalized spacial score (nSPS) is 17.9. The van der Waals surface area contributed by atoms with Crippen LogP contribution in [0.15, 0.2) is 17.6 Å². The smallest absolute Gasteiger partial charge is 0.492 e. The molecule has 8 nitrogen and oxygen atoms in total. The first-order valence-corrected chi connectivity index (χ1v) is 10.1. The second-order valence-corrected chi connectivity index (χ2v) is 9.44. The molecule has 1 aromatic carbocycles. The number of ether oxygens (including phenoxy) is 2. The highest BCUT2D eigenvalue weighted by Gasteiger charge is 2.52. The zero-order chi connectivity index (χ0) is 23.6. The van der Waals surface area contributed by atoms with Crippen molar-refractivity contribution >= 4 is 25.6 Å². The highest BCUT2D eigenvalue weighted by molar-refractivity contribution is 6.56. The number of rotatable bonds is 6. The highest BCUT2D eigenvalue weighted by Crippen LogP contribution is 2.39. The van der Waals surface area contributed by atoms with Crippen molar-refractivity contribution in [2.75, 3.05) is 13.7 Å². The van der Waals surface area contributed by atoms with Gasteiger partial charge in [0.2, 0.25) is 0 Å². The predicted molar refractivity (Wildman–Crippen MR) is 118 cm³/mol. The molecular formula is C22H32BNO7.